The Morgan fingerprint density at radius 2 is 1.73 bits per heavy atom. The van der Waals surface area contributed by atoms with Crippen molar-refractivity contribution in [3.8, 4) is 4.86 Å². The SMILES string of the molecule is C[AsH](C)(C#N)c1ccccc1. The molecule has 1 nitrogen and oxygen atoms in total. The molecule has 11 heavy (non-hydrogen) atoms. The van der Waals surface area contributed by atoms with Gasteiger partial charge in [0.2, 0.25) is 0 Å². The molecule has 0 saturated heterocycles. The van der Waals surface area contributed by atoms with E-state index in [1.54, 1.807) is 0 Å². The maximum atomic E-state index is 8.88. The molecule has 0 aliphatic carbocycles. The summed E-state index contributed by atoms with van der Waals surface area (Å²) in [5.41, 5.74) is 4.21. The fourth-order valence-electron chi connectivity index (χ4n) is 0.919. The maximum absolute atomic E-state index is 8.88. The van der Waals surface area contributed by atoms with Crippen molar-refractivity contribution in [1.29, 1.82) is 5.26 Å². The van der Waals surface area contributed by atoms with E-state index in [4.69, 9.17) is 5.26 Å². The Kier molecular flexibility index (Phi) is 2.37. The molecule has 1 rings (SSSR count). The average Bonchev–Trinajstić information content (AvgIpc) is 2.06. The van der Waals surface area contributed by atoms with E-state index in [2.05, 4.69) is 28.4 Å². The number of nitriles is 1. The van der Waals surface area contributed by atoms with E-state index < -0.39 is 13.6 Å². The summed E-state index contributed by atoms with van der Waals surface area (Å²) in [6.45, 7) is 0. The second-order valence-electron chi connectivity index (χ2n) is 3.10. The Bertz CT molecular complexity index is 271. The zero-order chi connectivity index (χ0) is 8.32. The van der Waals surface area contributed by atoms with Crippen LogP contribution in [-0.2, 0) is 0 Å². The molecule has 58 valence electrons. The fraction of sp³-hybridized carbons (Fsp3) is 0.222. The van der Waals surface area contributed by atoms with Crippen LogP contribution in [0.2, 0.25) is 11.4 Å². The van der Waals surface area contributed by atoms with Gasteiger partial charge in [0, 0.05) is 0 Å². The number of rotatable bonds is 1. The zero-order valence-electron chi connectivity index (χ0n) is 6.83. The molecule has 2 heteroatoms. The van der Waals surface area contributed by atoms with Crippen molar-refractivity contribution in [2.45, 2.75) is 11.4 Å². The molecule has 0 N–H and O–H groups in total. The molecule has 0 bridgehead atoms. The van der Waals surface area contributed by atoms with Crippen molar-refractivity contribution in [3.05, 3.63) is 30.3 Å². The van der Waals surface area contributed by atoms with Crippen LogP contribution >= 0.6 is 0 Å². The van der Waals surface area contributed by atoms with Crippen molar-refractivity contribution in [3.63, 3.8) is 0 Å². The van der Waals surface area contributed by atoms with Gasteiger partial charge >= 0.3 is 69.8 Å². The fourth-order valence-corrected chi connectivity index (χ4v) is 3.34. The molecule has 0 fully saturated rings. The van der Waals surface area contributed by atoms with Gasteiger partial charge in [-0.3, -0.25) is 0 Å². The van der Waals surface area contributed by atoms with Gasteiger partial charge in [-0.25, -0.2) is 0 Å². The number of nitrogens with zero attached hydrogens (tertiary/aromatic N) is 1. The van der Waals surface area contributed by atoms with Crippen LogP contribution in [0.4, 0.5) is 0 Å². The van der Waals surface area contributed by atoms with Crippen molar-refractivity contribution in [1.82, 2.24) is 0 Å². The van der Waals surface area contributed by atoms with Crippen molar-refractivity contribution >= 4 is 17.9 Å². The van der Waals surface area contributed by atoms with E-state index in [0.717, 1.165) is 0 Å². The normalized spacial score (nSPS) is 12.1. The molecule has 0 aliphatic heterocycles. The van der Waals surface area contributed by atoms with Gasteiger partial charge in [0.15, 0.2) is 0 Å². The van der Waals surface area contributed by atoms with Gasteiger partial charge in [-0.15, -0.1) is 0 Å². The van der Waals surface area contributed by atoms with Crippen LogP contribution in [0.5, 0.6) is 0 Å². The molecule has 0 aliphatic rings. The Morgan fingerprint density at radius 1 is 1.18 bits per heavy atom. The summed E-state index contributed by atoms with van der Waals surface area (Å²) < 4.78 is 1.26. The zero-order valence-corrected chi connectivity index (χ0v) is 8.93. The van der Waals surface area contributed by atoms with Crippen molar-refractivity contribution in [2.24, 2.45) is 0 Å². The third-order valence-electron chi connectivity index (χ3n) is 1.77. The molecule has 0 atom stereocenters. The Balaban J connectivity index is 3.05. The van der Waals surface area contributed by atoms with Gasteiger partial charge in [-0.05, 0) is 0 Å². The summed E-state index contributed by atoms with van der Waals surface area (Å²) in [4.78, 5) is 2.45. The quantitative estimate of drug-likeness (QED) is 0.641. The monoisotopic (exact) mass is 209 g/mol. The van der Waals surface area contributed by atoms with E-state index >= 15 is 0 Å². The second kappa shape index (κ2) is 3.11. The van der Waals surface area contributed by atoms with Crippen LogP contribution < -0.4 is 4.35 Å². The molecule has 0 radical (unpaired) electrons. The van der Waals surface area contributed by atoms with Crippen LogP contribution in [0.1, 0.15) is 0 Å². The molecule has 0 aromatic heterocycles. The molecule has 0 unspecified atom stereocenters. The summed E-state index contributed by atoms with van der Waals surface area (Å²) in [6.07, 6.45) is 0. The molecule has 0 saturated carbocycles. The number of hydrogen-bond acceptors (Lipinski definition) is 1. The van der Waals surface area contributed by atoms with Crippen molar-refractivity contribution in [2.75, 3.05) is 0 Å². The summed E-state index contributed by atoms with van der Waals surface area (Å²) in [7, 11) is 0. The van der Waals surface area contributed by atoms with E-state index in [9.17, 15) is 0 Å². The molecule has 0 amide bonds. The van der Waals surface area contributed by atoms with Gasteiger partial charge in [-0.1, -0.05) is 0 Å². The molecule has 0 heterocycles. The number of benzene rings is 1. The van der Waals surface area contributed by atoms with E-state index in [0.29, 0.717) is 0 Å². The first-order chi connectivity index (χ1) is 5.17. The molecular formula is C9H12AsN. The summed E-state index contributed by atoms with van der Waals surface area (Å²) >= 11 is -2.23. The molecule has 0 spiro atoms. The van der Waals surface area contributed by atoms with Crippen LogP contribution in [0.25, 0.3) is 0 Å². The Hall–Kier alpha value is -0.732. The van der Waals surface area contributed by atoms with Gasteiger partial charge in [-0.2, -0.15) is 0 Å². The average molecular weight is 209 g/mol. The predicted molar refractivity (Wildman–Crippen MR) is 50.6 cm³/mol. The summed E-state index contributed by atoms with van der Waals surface area (Å²) in [5, 5.41) is 8.88. The van der Waals surface area contributed by atoms with E-state index in [1.807, 2.05) is 18.2 Å². The minimum absolute atomic E-state index is 1.26. The third kappa shape index (κ3) is 1.85. The van der Waals surface area contributed by atoms with E-state index in [-0.39, 0.29) is 0 Å². The number of hydrogen-bond donors (Lipinski definition) is 0. The van der Waals surface area contributed by atoms with Crippen LogP contribution in [-0.4, -0.2) is 13.6 Å². The summed E-state index contributed by atoms with van der Waals surface area (Å²) in [6, 6.07) is 10.1. The molecular weight excluding hydrogens is 197 g/mol. The second-order valence-corrected chi connectivity index (χ2v) is 11.6. The van der Waals surface area contributed by atoms with Crippen LogP contribution in [0.15, 0.2) is 30.3 Å². The third-order valence-corrected chi connectivity index (χ3v) is 6.68. The van der Waals surface area contributed by atoms with Gasteiger partial charge < -0.3 is 0 Å². The first-order valence-corrected chi connectivity index (χ1v) is 9.93. The van der Waals surface area contributed by atoms with Crippen LogP contribution in [0.3, 0.4) is 0 Å². The Labute approximate surface area is 70.1 Å². The first kappa shape index (κ1) is 8.37. The Morgan fingerprint density at radius 3 is 2.18 bits per heavy atom. The van der Waals surface area contributed by atoms with Gasteiger partial charge in [0.1, 0.15) is 0 Å². The van der Waals surface area contributed by atoms with E-state index in [1.165, 1.54) is 4.35 Å². The van der Waals surface area contributed by atoms with Gasteiger partial charge in [0.25, 0.3) is 0 Å². The first-order valence-electron chi connectivity index (χ1n) is 3.63. The topological polar surface area (TPSA) is 23.8 Å². The van der Waals surface area contributed by atoms with Crippen molar-refractivity contribution < 1.29 is 0 Å². The predicted octanol–water partition coefficient (Wildman–Crippen LogP) is 1.40. The molecule has 1 aromatic rings. The van der Waals surface area contributed by atoms with Crippen LogP contribution in [0, 0.1) is 10.1 Å². The van der Waals surface area contributed by atoms with Gasteiger partial charge in [0.05, 0.1) is 0 Å². The minimum atomic E-state index is -2.23. The summed E-state index contributed by atoms with van der Waals surface area (Å²) in [5.74, 6) is 0. The standard InChI is InChI=1S/C9H12AsN/c1-10(2,8-11)9-6-4-3-5-7-9/h3-7,10H,1-2H3. The molecule has 1 aromatic carbocycles.